The Labute approximate surface area is 200 Å². The normalized spacial score (nSPS) is 10.2. The van der Waals surface area contributed by atoms with Gasteiger partial charge in [0.1, 0.15) is 5.75 Å². The Morgan fingerprint density at radius 3 is 2.60 bits per heavy atom. The smallest absolute Gasteiger partial charge is 1.00 e. The number of rotatable bonds is 7. The summed E-state index contributed by atoms with van der Waals surface area (Å²) in [7, 11) is 0. The summed E-state index contributed by atoms with van der Waals surface area (Å²) < 4.78 is 5.67. The summed E-state index contributed by atoms with van der Waals surface area (Å²) in [5.74, 6) is -1.33. The van der Waals surface area contributed by atoms with E-state index in [-0.39, 0.29) is 42.1 Å². The summed E-state index contributed by atoms with van der Waals surface area (Å²) >= 11 is 13.4. The van der Waals surface area contributed by atoms with Gasteiger partial charge in [-0.3, -0.25) is 4.79 Å². The van der Waals surface area contributed by atoms with Crippen molar-refractivity contribution in [2.45, 2.75) is 13.3 Å². The van der Waals surface area contributed by atoms with E-state index in [4.69, 9.17) is 27.9 Å². The van der Waals surface area contributed by atoms with Crippen LogP contribution in [0.4, 0.5) is 5.69 Å². The van der Waals surface area contributed by atoms with Gasteiger partial charge >= 0.3 is 24.8 Å². The molecule has 2 aromatic carbocycles. The molecule has 0 radical (unpaired) electrons. The molecule has 152 valence electrons. The summed E-state index contributed by atoms with van der Waals surface area (Å²) in [4.78, 5) is 29.4. The maximum atomic E-state index is 12.5. The maximum Gasteiger partial charge on any atom is 1.00 e. The van der Waals surface area contributed by atoms with Gasteiger partial charge < -0.3 is 16.6 Å². The second-order valence-electron chi connectivity index (χ2n) is 6.05. The van der Waals surface area contributed by atoms with Gasteiger partial charge in [-0.25, -0.2) is 9.78 Å². The first-order chi connectivity index (χ1) is 13.8. The number of carbonyl (C=O) groups excluding carboxylic acids is 1. The number of aromatic nitrogens is 1. The Kier molecular flexibility index (Phi) is 8.77. The van der Waals surface area contributed by atoms with Gasteiger partial charge in [0.15, 0.2) is 0 Å². The molecule has 0 aliphatic heterocycles. The molecule has 1 amide bonds. The molecule has 0 spiro atoms. The number of amides is 1. The van der Waals surface area contributed by atoms with E-state index < -0.39 is 11.9 Å². The van der Waals surface area contributed by atoms with Crippen molar-refractivity contribution in [3.8, 4) is 5.75 Å². The number of aryl methyl sites for hydroxylation is 1. The van der Waals surface area contributed by atoms with Crippen molar-refractivity contribution < 1.29 is 39.7 Å². The molecule has 0 saturated heterocycles. The van der Waals surface area contributed by atoms with E-state index in [1.54, 1.807) is 22.9 Å². The number of benzene rings is 2. The number of anilines is 1. The number of ether oxygens (including phenoxy) is 1. The molecule has 0 bridgehead atoms. The van der Waals surface area contributed by atoms with E-state index in [2.05, 4.69) is 10.3 Å². The van der Waals surface area contributed by atoms with Crippen LogP contribution in [0.15, 0.2) is 41.9 Å². The zero-order chi connectivity index (χ0) is 21.0. The SMILES string of the molecule is Cc1ncsc1CCOc1ccc(NC(=O)c2ccc(Cl)cc2Cl)c(C(=O)O)c1.[H-].[Li+]. The Bertz CT molecular complexity index is 1080. The van der Waals surface area contributed by atoms with Crippen LogP contribution >= 0.6 is 34.5 Å². The van der Waals surface area contributed by atoms with E-state index in [0.717, 1.165) is 10.6 Å². The second kappa shape index (κ2) is 10.8. The van der Waals surface area contributed by atoms with Crippen molar-refractivity contribution in [3.63, 3.8) is 0 Å². The van der Waals surface area contributed by atoms with Crippen molar-refractivity contribution in [1.29, 1.82) is 0 Å². The third kappa shape index (κ3) is 6.00. The molecule has 10 heteroatoms. The molecule has 30 heavy (non-hydrogen) atoms. The molecule has 0 atom stereocenters. The number of hydrogen-bond acceptors (Lipinski definition) is 5. The number of aromatic carboxylic acids is 1. The molecule has 3 rings (SSSR count). The van der Waals surface area contributed by atoms with Gasteiger partial charge in [-0.2, -0.15) is 0 Å². The van der Waals surface area contributed by atoms with E-state index in [0.29, 0.717) is 23.8 Å². The molecule has 1 aromatic heterocycles. The molecule has 0 aliphatic carbocycles. The summed E-state index contributed by atoms with van der Waals surface area (Å²) in [6, 6.07) is 8.91. The monoisotopic (exact) mass is 458 g/mol. The van der Waals surface area contributed by atoms with Gasteiger partial charge in [0.2, 0.25) is 0 Å². The van der Waals surface area contributed by atoms with E-state index in [1.807, 2.05) is 6.92 Å². The summed E-state index contributed by atoms with van der Waals surface area (Å²) in [5.41, 5.74) is 2.97. The second-order valence-corrected chi connectivity index (χ2v) is 7.83. The number of thiazole rings is 1. The van der Waals surface area contributed by atoms with Gasteiger partial charge in [-0.05, 0) is 43.3 Å². The molecule has 1 heterocycles. The minimum absolute atomic E-state index is 0. The fourth-order valence-corrected chi connectivity index (χ4v) is 3.85. The van der Waals surface area contributed by atoms with Crippen LogP contribution in [0.25, 0.3) is 0 Å². The van der Waals surface area contributed by atoms with Crippen molar-refractivity contribution in [1.82, 2.24) is 4.98 Å². The van der Waals surface area contributed by atoms with Crippen LogP contribution in [0.5, 0.6) is 5.75 Å². The van der Waals surface area contributed by atoms with Gasteiger partial charge in [0.05, 0.1) is 39.6 Å². The van der Waals surface area contributed by atoms with Crippen LogP contribution in [0, 0.1) is 6.92 Å². The van der Waals surface area contributed by atoms with Gasteiger partial charge in [-0.15, -0.1) is 11.3 Å². The zero-order valence-corrected chi connectivity index (χ0v) is 18.6. The Morgan fingerprint density at radius 2 is 1.97 bits per heavy atom. The Hall–Kier alpha value is -2.01. The van der Waals surface area contributed by atoms with Crippen molar-refractivity contribution in [2.75, 3.05) is 11.9 Å². The Balaban J connectivity index is 0.00000240. The fourth-order valence-electron chi connectivity index (χ4n) is 2.59. The van der Waals surface area contributed by atoms with Crippen LogP contribution in [0.2, 0.25) is 10.0 Å². The number of nitrogens with zero attached hydrogens (tertiary/aromatic N) is 1. The maximum absolute atomic E-state index is 12.5. The molecular weight excluding hydrogens is 442 g/mol. The number of hydrogen-bond donors (Lipinski definition) is 2. The van der Waals surface area contributed by atoms with Crippen LogP contribution < -0.4 is 28.9 Å². The molecule has 0 unspecified atom stereocenters. The summed E-state index contributed by atoms with van der Waals surface area (Å²) in [5, 5.41) is 12.7. The molecule has 0 saturated carbocycles. The number of carbonyl (C=O) groups is 2. The average molecular weight is 459 g/mol. The summed E-state index contributed by atoms with van der Waals surface area (Å²) in [6.45, 7) is 2.31. The van der Waals surface area contributed by atoms with Crippen LogP contribution in [0.3, 0.4) is 0 Å². The van der Waals surface area contributed by atoms with Gasteiger partial charge in [-0.1, -0.05) is 23.2 Å². The number of carboxylic acid groups (broad SMARTS) is 1. The van der Waals surface area contributed by atoms with Crippen molar-refractivity contribution in [2.24, 2.45) is 0 Å². The van der Waals surface area contributed by atoms with E-state index in [9.17, 15) is 14.7 Å². The molecule has 0 aliphatic rings. The molecule has 3 aromatic rings. The third-order valence-corrected chi connectivity index (χ3v) is 5.63. The third-order valence-electron chi connectivity index (χ3n) is 4.09. The van der Waals surface area contributed by atoms with Crippen LogP contribution in [-0.4, -0.2) is 28.6 Å². The number of carboxylic acids is 1. The predicted octanol–water partition coefficient (Wildman–Crippen LogP) is 2.45. The standard InChI is InChI=1S/C20H16Cl2N2O4S.Li.H/c1-11-18(29-10-23-11)6-7-28-13-3-5-17(15(9-13)20(26)27)24-19(25)14-4-2-12(21)8-16(14)22;;/h2-5,8-10H,6-7H2,1H3,(H,24,25)(H,26,27);;/q;+1;-1. The molecule has 6 nitrogen and oxygen atoms in total. The minimum Gasteiger partial charge on any atom is -1.00 e. The topological polar surface area (TPSA) is 88.5 Å². The summed E-state index contributed by atoms with van der Waals surface area (Å²) in [6.07, 6.45) is 0.673. The van der Waals surface area contributed by atoms with E-state index in [1.165, 1.54) is 30.3 Å². The van der Waals surface area contributed by atoms with Crippen molar-refractivity contribution in [3.05, 3.63) is 73.7 Å². The number of halogens is 2. The van der Waals surface area contributed by atoms with E-state index >= 15 is 0 Å². The van der Waals surface area contributed by atoms with Crippen LogP contribution in [-0.2, 0) is 6.42 Å². The first kappa shape index (κ1) is 24.3. The van der Waals surface area contributed by atoms with Gasteiger partial charge in [0, 0.05) is 16.3 Å². The number of nitrogens with one attached hydrogen (secondary N) is 1. The molecule has 2 N–H and O–H groups in total. The Morgan fingerprint density at radius 1 is 1.20 bits per heavy atom. The minimum atomic E-state index is -1.19. The molecule has 0 fully saturated rings. The predicted molar refractivity (Wildman–Crippen MR) is 115 cm³/mol. The average Bonchev–Trinajstić information content (AvgIpc) is 3.07. The first-order valence-electron chi connectivity index (χ1n) is 8.50. The largest absolute Gasteiger partial charge is 1.00 e. The quantitative estimate of drug-likeness (QED) is 0.530. The van der Waals surface area contributed by atoms with Crippen LogP contribution in [0.1, 0.15) is 32.7 Å². The fraction of sp³-hybridized carbons (Fsp3) is 0.150. The first-order valence-corrected chi connectivity index (χ1v) is 10.1. The van der Waals surface area contributed by atoms with Gasteiger partial charge in [0.25, 0.3) is 5.91 Å². The zero-order valence-electron chi connectivity index (χ0n) is 17.2. The molecular formula is C20H17Cl2LiN2O4S. The van der Waals surface area contributed by atoms with Crippen molar-refractivity contribution >= 4 is 52.1 Å².